The van der Waals surface area contributed by atoms with Crippen LogP contribution in [0.15, 0.2) is 43.0 Å². The lowest BCUT2D eigenvalue weighted by Gasteiger charge is -2.24. The highest BCUT2D eigenvalue weighted by atomic mass is 16.3. The molecule has 4 rings (SSSR count). The van der Waals surface area contributed by atoms with Gasteiger partial charge in [-0.05, 0) is 71.4 Å². The summed E-state index contributed by atoms with van der Waals surface area (Å²) in [6, 6.07) is 11.2. The fourth-order valence-corrected chi connectivity index (χ4v) is 3.86. The van der Waals surface area contributed by atoms with Crippen molar-refractivity contribution in [2.45, 2.75) is 19.3 Å². The molecule has 0 bridgehead atoms. The molecule has 0 aromatic heterocycles. The predicted molar refractivity (Wildman–Crippen MR) is 78.8 cm³/mol. The number of hydrogen-bond acceptors (Lipinski definition) is 2. The molecule has 2 nitrogen and oxygen atoms in total. The van der Waals surface area contributed by atoms with Gasteiger partial charge < -0.3 is 10.2 Å². The number of benzene rings is 2. The Morgan fingerprint density at radius 3 is 2.20 bits per heavy atom. The number of allylic oxidation sites excluding steroid dienone is 1. The Hall–Kier alpha value is -2.22. The predicted octanol–water partition coefficient (Wildman–Crippen LogP) is 3.45. The summed E-state index contributed by atoms with van der Waals surface area (Å²) >= 11 is 0. The van der Waals surface area contributed by atoms with Crippen molar-refractivity contribution in [2.24, 2.45) is 5.41 Å². The van der Waals surface area contributed by atoms with E-state index in [4.69, 9.17) is 0 Å². The third-order valence-corrected chi connectivity index (χ3v) is 4.83. The number of fused-ring (bicyclic) bond motifs is 2. The van der Waals surface area contributed by atoms with Crippen molar-refractivity contribution < 1.29 is 10.2 Å². The van der Waals surface area contributed by atoms with E-state index < -0.39 is 0 Å². The summed E-state index contributed by atoms with van der Waals surface area (Å²) in [5, 5.41) is 19.3. The van der Waals surface area contributed by atoms with Crippen LogP contribution in [-0.2, 0) is 19.3 Å². The zero-order valence-electron chi connectivity index (χ0n) is 11.2. The molecular formula is C18H16O2. The minimum atomic E-state index is 0.0340. The lowest BCUT2D eigenvalue weighted by molar-refractivity contribution is 0.439. The molecule has 1 atom stereocenters. The molecule has 0 saturated heterocycles. The molecule has 1 unspecified atom stereocenters. The SMILES string of the molecule is C=C1c2ccc(O)cc2CC12Cc1ccc(O)cc1C2. The summed E-state index contributed by atoms with van der Waals surface area (Å²) < 4.78 is 0. The van der Waals surface area contributed by atoms with Gasteiger partial charge in [0.1, 0.15) is 11.5 Å². The topological polar surface area (TPSA) is 40.5 Å². The Labute approximate surface area is 118 Å². The smallest absolute Gasteiger partial charge is 0.115 e. The van der Waals surface area contributed by atoms with Crippen molar-refractivity contribution in [3.63, 3.8) is 0 Å². The molecule has 100 valence electrons. The van der Waals surface area contributed by atoms with Gasteiger partial charge in [0.15, 0.2) is 0 Å². The maximum atomic E-state index is 9.66. The van der Waals surface area contributed by atoms with Crippen LogP contribution in [0.3, 0.4) is 0 Å². The minimum Gasteiger partial charge on any atom is -0.508 e. The minimum absolute atomic E-state index is 0.0340. The van der Waals surface area contributed by atoms with E-state index in [1.54, 1.807) is 12.1 Å². The van der Waals surface area contributed by atoms with Crippen LogP contribution in [0.5, 0.6) is 11.5 Å². The molecule has 1 spiro atoms. The van der Waals surface area contributed by atoms with Crippen LogP contribution < -0.4 is 0 Å². The molecule has 2 aromatic rings. The largest absolute Gasteiger partial charge is 0.508 e. The molecule has 0 amide bonds. The highest BCUT2D eigenvalue weighted by Gasteiger charge is 2.45. The second-order valence-electron chi connectivity index (χ2n) is 6.08. The lowest BCUT2D eigenvalue weighted by Crippen LogP contribution is -2.20. The molecule has 2 aliphatic rings. The van der Waals surface area contributed by atoms with Crippen LogP contribution in [0.2, 0.25) is 0 Å². The summed E-state index contributed by atoms with van der Waals surface area (Å²) in [6.07, 6.45) is 2.81. The standard InChI is InChI=1S/C18H16O2/c1-11-17-5-4-16(20)7-14(17)10-18(11)8-12-2-3-15(19)6-13(12)9-18/h2-7,19-20H,1,8-10H2. The second-order valence-corrected chi connectivity index (χ2v) is 6.08. The van der Waals surface area contributed by atoms with Crippen molar-refractivity contribution in [3.8, 4) is 11.5 Å². The molecule has 20 heavy (non-hydrogen) atoms. The van der Waals surface area contributed by atoms with E-state index in [-0.39, 0.29) is 5.41 Å². The van der Waals surface area contributed by atoms with Crippen LogP contribution in [-0.4, -0.2) is 10.2 Å². The molecule has 0 radical (unpaired) electrons. The molecule has 0 aliphatic heterocycles. The van der Waals surface area contributed by atoms with Gasteiger partial charge in [-0.25, -0.2) is 0 Å². The average Bonchev–Trinajstić information content (AvgIpc) is 2.88. The Morgan fingerprint density at radius 1 is 0.800 bits per heavy atom. The van der Waals surface area contributed by atoms with Gasteiger partial charge in [0.05, 0.1) is 0 Å². The number of rotatable bonds is 0. The molecule has 0 saturated carbocycles. The monoisotopic (exact) mass is 264 g/mol. The quantitative estimate of drug-likeness (QED) is 0.765. The first-order valence-electron chi connectivity index (χ1n) is 6.90. The Kier molecular flexibility index (Phi) is 2.12. The van der Waals surface area contributed by atoms with Gasteiger partial charge in [-0.1, -0.05) is 18.7 Å². The summed E-state index contributed by atoms with van der Waals surface area (Å²) in [5.74, 6) is 0.654. The van der Waals surface area contributed by atoms with Crippen LogP contribution in [0, 0.1) is 5.41 Å². The normalized spacial score (nSPS) is 23.1. The van der Waals surface area contributed by atoms with Crippen molar-refractivity contribution >= 4 is 5.57 Å². The van der Waals surface area contributed by atoms with Gasteiger partial charge >= 0.3 is 0 Å². The fraction of sp³-hybridized carbons (Fsp3) is 0.222. The van der Waals surface area contributed by atoms with E-state index in [1.807, 2.05) is 24.3 Å². The van der Waals surface area contributed by atoms with Crippen LogP contribution in [0.4, 0.5) is 0 Å². The van der Waals surface area contributed by atoms with Crippen molar-refractivity contribution in [3.05, 3.63) is 65.2 Å². The van der Waals surface area contributed by atoms with E-state index in [9.17, 15) is 10.2 Å². The van der Waals surface area contributed by atoms with Crippen molar-refractivity contribution in [1.29, 1.82) is 0 Å². The van der Waals surface area contributed by atoms with Crippen molar-refractivity contribution in [1.82, 2.24) is 0 Å². The van der Waals surface area contributed by atoms with E-state index >= 15 is 0 Å². The summed E-state index contributed by atoms with van der Waals surface area (Å²) in [5.41, 5.74) is 6.10. The van der Waals surface area contributed by atoms with Crippen molar-refractivity contribution in [2.75, 3.05) is 0 Å². The molecule has 2 aliphatic carbocycles. The molecule has 2 heteroatoms. The number of aromatic hydroxyl groups is 2. The van der Waals surface area contributed by atoms with Gasteiger partial charge in [-0.3, -0.25) is 0 Å². The molecule has 0 heterocycles. The fourth-order valence-electron chi connectivity index (χ4n) is 3.86. The highest BCUT2D eigenvalue weighted by molar-refractivity contribution is 5.78. The van der Waals surface area contributed by atoms with Crippen LogP contribution in [0.25, 0.3) is 5.57 Å². The lowest BCUT2D eigenvalue weighted by atomic mass is 9.78. The summed E-state index contributed by atoms with van der Waals surface area (Å²) in [4.78, 5) is 0. The highest BCUT2D eigenvalue weighted by Crippen LogP contribution is 2.54. The first-order chi connectivity index (χ1) is 9.57. The average molecular weight is 264 g/mol. The van der Waals surface area contributed by atoms with Crippen LogP contribution in [0.1, 0.15) is 22.3 Å². The Balaban J connectivity index is 1.78. The number of hydrogen-bond donors (Lipinski definition) is 2. The third kappa shape index (κ3) is 1.45. The maximum Gasteiger partial charge on any atom is 0.115 e. The van der Waals surface area contributed by atoms with E-state index in [1.165, 1.54) is 27.8 Å². The summed E-state index contributed by atoms with van der Waals surface area (Å²) in [6.45, 7) is 4.32. The van der Waals surface area contributed by atoms with Crippen LogP contribution >= 0.6 is 0 Å². The Morgan fingerprint density at radius 2 is 1.40 bits per heavy atom. The van der Waals surface area contributed by atoms with Gasteiger partial charge in [-0.2, -0.15) is 0 Å². The zero-order valence-corrected chi connectivity index (χ0v) is 11.2. The first kappa shape index (κ1) is 11.6. The molecule has 0 fully saturated rings. The van der Waals surface area contributed by atoms with E-state index in [0.717, 1.165) is 19.3 Å². The third-order valence-electron chi connectivity index (χ3n) is 4.83. The molecular weight excluding hydrogens is 248 g/mol. The molecule has 2 aromatic carbocycles. The van der Waals surface area contributed by atoms with Gasteiger partial charge in [0.2, 0.25) is 0 Å². The van der Waals surface area contributed by atoms with Gasteiger partial charge in [-0.15, -0.1) is 0 Å². The van der Waals surface area contributed by atoms with E-state index in [0.29, 0.717) is 11.5 Å². The van der Waals surface area contributed by atoms with Gasteiger partial charge in [0.25, 0.3) is 0 Å². The summed E-state index contributed by atoms with van der Waals surface area (Å²) in [7, 11) is 0. The molecule has 2 N–H and O–H groups in total. The first-order valence-corrected chi connectivity index (χ1v) is 6.90. The zero-order chi connectivity index (χ0) is 13.9. The number of phenolic OH excluding ortho intramolecular Hbond substituents is 2. The second kappa shape index (κ2) is 3.66. The number of phenols is 2. The van der Waals surface area contributed by atoms with Gasteiger partial charge in [0, 0.05) is 5.41 Å². The van der Waals surface area contributed by atoms with E-state index in [2.05, 4.69) is 6.58 Å². The Bertz CT molecular complexity index is 741. The maximum absolute atomic E-state index is 9.66.